The molecule has 0 radical (unpaired) electrons. The first-order chi connectivity index (χ1) is 7.49. The third-order valence-electron chi connectivity index (χ3n) is 2.37. The van der Waals surface area contributed by atoms with Gasteiger partial charge in [-0.05, 0) is 13.1 Å². The number of nitrogens with zero attached hydrogens (tertiary/aromatic N) is 2. The van der Waals surface area contributed by atoms with Crippen LogP contribution in [0.1, 0.15) is 13.8 Å². The summed E-state index contributed by atoms with van der Waals surface area (Å²) in [5, 5.41) is 8.67. The second kappa shape index (κ2) is 8.06. The second-order valence-corrected chi connectivity index (χ2v) is 3.60. The minimum absolute atomic E-state index is 0.00638. The first-order valence-corrected chi connectivity index (χ1v) is 5.44. The van der Waals surface area contributed by atoms with E-state index in [-0.39, 0.29) is 13.1 Å². The molecule has 0 aromatic heterocycles. The van der Waals surface area contributed by atoms with Crippen LogP contribution in [0.2, 0.25) is 0 Å². The molecule has 0 fully saturated rings. The fourth-order valence-electron chi connectivity index (χ4n) is 1.45. The molecule has 0 heterocycles. The van der Waals surface area contributed by atoms with Crippen LogP contribution in [0.4, 0.5) is 0 Å². The molecule has 0 saturated carbocycles. The van der Waals surface area contributed by atoms with E-state index in [0.717, 1.165) is 19.6 Å². The SMILES string of the molecule is CCN(CC)CCN(CC(N)=O)CC(=O)O. The van der Waals surface area contributed by atoms with Gasteiger partial charge in [-0.25, -0.2) is 0 Å². The fraction of sp³-hybridized carbons (Fsp3) is 0.800. The number of amides is 1. The van der Waals surface area contributed by atoms with Crippen LogP contribution in [-0.2, 0) is 9.59 Å². The predicted octanol–water partition coefficient (Wildman–Crippen LogP) is -0.800. The predicted molar refractivity (Wildman–Crippen MR) is 61.1 cm³/mol. The standard InChI is InChI=1S/C10H21N3O3/c1-3-12(4-2)5-6-13(7-9(11)14)8-10(15)16/h3-8H2,1-2H3,(H2,11,14)(H,15,16). The third kappa shape index (κ3) is 7.19. The van der Waals surface area contributed by atoms with E-state index in [2.05, 4.69) is 4.90 Å². The van der Waals surface area contributed by atoms with E-state index in [4.69, 9.17) is 10.8 Å². The van der Waals surface area contributed by atoms with E-state index in [1.165, 1.54) is 0 Å². The van der Waals surface area contributed by atoms with Gasteiger partial charge >= 0.3 is 5.97 Å². The van der Waals surface area contributed by atoms with Crippen molar-refractivity contribution in [2.75, 3.05) is 39.3 Å². The third-order valence-corrected chi connectivity index (χ3v) is 2.37. The zero-order valence-corrected chi connectivity index (χ0v) is 9.98. The molecule has 0 rings (SSSR count). The Hall–Kier alpha value is -1.14. The van der Waals surface area contributed by atoms with Gasteiger partial charge < -0.3 is 15.7 Å². The molecule has 3 N–H and O–H groups in total. The molecule has 0 unspecified atom stereocenters. The van der Waals surface area contributed by atoms with Crippen LogP contribution in [0, 0.1) is 0 Å². The van der Waals surface area contributed by atoms with Crippen molar-refractivity contribution in [2.24, 2.45) is 5.73 Å². The van der Waals surface area contributed by atoms with Gasteiger partial charge in [-0.15, -0.1) is 0 Å². The molecule has 94 valence electrons. The molecule has 0 spiro atoms. The Morgan fingerprint density at radius 3 is 1.94 bits per heavy atom. The molecule has 0 aromatic carbocycles. The van der Waals surface area contributed by atoms with Gasteiger partial charge in [0.05, 0.1) is 13.1 Å². The molecule has 16 heavy (non-hydrogen) atoms. The molecule has 1 amide bonds. The van der Waals surface area contributed by atoms with Crippen LogP contribution in [-0.4, -0.2) is 66.1 Å². The Labute approximate surface area is 96.0 Å². The number of carbonyl (C=O) groups excluding carboxylic acids is 1. The first kappa shape index (κ1) is 14.9. The smallest absolute Gasteiger partial charge is 0.317 e. The number of carboxylic acids is 1. The zero-order valence-electron chi connectivity index (χ0n) is 9.98. The van der Waals surface area contributed by atoms with Crippen molar-refractivity contribution in [3.63, 3.8) is 0 Å². The van der Waals surface area contributed by atoms with Gasteiger partial charge in [-0.2, -0.15) is 0 Å². The number of hydrogen-bond donors (Lipinski definition) is 2. The number of carboxylic acid groups (broad SMARTS) is 1. The zero-order chi connectivity index (χ0) is 12.6. The molecular formula is C10H21N3O3. The van der Waals surface area contributed by atoms with Crippen LogP contribution in [0.25, 0.3) is 0 Å². The minimum Gasteiger partial charge on any atom is -0.480 e. The molecule has 0 aliphatic rings. The molecule has 0 saturated heterocycles. The molecule has 0 atom stereocenters. The molecule has 6 nitrogen and oxygen atoms in total. The highest BCUT2D eigenvalue weighted by Gasteiger charge is 2.12. The lowest BCUT2D eigenvalue weighted by Gasteiger charge is -2.23. The Balaban J connectivity index is 4.09. The maximum atomic E-state index is 10.7. The normalized spacial score (nSPS) is 11.0. The van der Waals surface area contributed by atoms with Crippen LogP contribution in [0.15, 0.2) is 0 Å². The molecule has 0 aliphatic heterocycles. The van der Waals surface area contributed by atoms with Crippen molar-refractivity contribution in [1.82, 2.24) is 9.80 Å². The highest BCUT2D eigenvalue weighted by Crippen LogP contribution is 1.92. The van der Waals surface area contributed by atoms with E-state index in [1.54, 1.807) is 4.90 Å². The quantitative estimate of drug-likeness (QED) is 0.542. The van der Waals surface area contributed by atoms with E-state index < -0.39 is 11.9 Å². The van der Waals surface area contributed by atoms with Gasteiger partial charge in [0.1, 0.15) is 0 Å². The topological polar surface area (TPSA) is 86.9 Å². The summed E-state index contributed by atoms with van der Waals surface area (Å²) in [4.78, 5) is 25.0. The number of primary amides is 1. The van der Waals surface area contributed by atoms with Gasteiger partial charge in [0.2, 0.25) is 5.91 Å². The summed E-state index contributed by atoms with van der Waals surface area (Å²) in [5.74, 6) is -1.44. The Morgan fingerprint density at radius 2 is 1.56 bits per heavy atom. The Morgan fingerprint density at radius 1 is 1.06 bits per heavy atom. The first-order valence-electron chi connectivity index (χ1n) is 5.44. The summed E-state index contributed by atoms with van der Waals surface area (Å²) < 4.78 is 0. The summed E-state index contributed by atoms with van der Waals surface area (Å²) in [6.45, 7) is 7.03. The average Bonchev–Trinajstić information content (AvgIpc) is 2.17. The highest BCUT2D eigenvalue weighted by atomic mass is 16.4. The van der Waals surface area contributed by atoms with Gasteiger partial charge in [0.25, 0.3) is 0 Å². The van der Waals surface area contributed by atoms with E-state index >= 15 is 0 Å². The lowest BCUT2D eigenvalue weighted by atomic mass is 10.4. The molecular weight excluding hydrogens is 210 g/mol. The van der Waals surface area contributed by atoms with E-state index in [0.29, 0.717) is 6.54 Å². The summed E-state index contributed by atoms with van der Waals surface area (Å²) in [6, 6.07) is 0. The van der Waals surface area contributed by atoms with Crippen molar-refractivity contribution in [3.05, 3.63) is 0 Å². The van der Waals surface area contributed by atoms with Crippen LogP contribution in [0.5, 0.6) is 0 Å². The summed E-state index contributed by atoms with van der Waals surface area (Å²) in [5.41, 5.74) is 5.05. The van der Waals surface area contributed by atoms with Crippen LogP contribution < -0.4 is 5.73 Å². The fourth-order valence-corrected chi connectivity index (χ4v) is 1.45. The summed E-state index contributed by atoms with van der Waals surface area (Å²) >= 11 is 0. The van der Waals surface area contributed by atoms with Crippen molar-refractivity contribution < 1.29 is 14.7 Å². The van der Waals surface area contributed by atoms with Crippen LogP contribution in [0.3, 0.4) is 0 Å². The second-order valence-electron chi connectivity index (χ2n) is 3.60. The maximum absolute atomic E-state index is 10.7. The number of carbonyl (C=O) groups is 2. The number of likely N-dealkylation sites (N-methyl/N-ethyl adjacent to an activating group) is 1. The lowest BCUT2D eigenvalue weighted by Crippen LogP contribution is -2.42. The number of aliphatic carboxylic acids is 1. The van der Waals surface area contributed by atoms with Gasteiger partial charge in [0, 0.05) is 13.1 Å². The molecule has 6 heteroatoms. The lowest BCUT2D eigenvalue weighted by molar-refractivity contribution is -0.138. The largest absolute Gasteiger partial charge is 0.480 e. The van der Waals surface area contributed by atoms with Gasteiger partial charge in [0.15, 0.2) is 0 Å². The maximum Gasteiger partial charge on any atom is 0.317 e. The number of rotatable bonds is 9. The number of hydrogen-bond acceptors (Lipinski definition) is 4. The van der Waals surface area contributed by atoms with Crippen molar-refractivity contribution in [3.8, 4) is 0 Å². The molecule has 0 bridgehead atoms. The average molecular weight is 231 g/mol. The summed E-state index contributed by atoms with van der Waals surface area (Å²) in [6.07, 6.45) is 0. The molecule has 0 aromatic rings. The van der Waals surface area contributed by atoms with Crippen molar-refractivity contribution in [2.45, 2.75) is 13.8 Å². The number of nitrogens with two attached hydrogens (primary N) is 1. The van der Waals surface area contributed by atoms with Crippen molar-refractivity contribution >= 4 is 11.9 Å². The van der Waals surface area contributed by atoms with E-state index in [1.807, 2.05) is 13.8 Å². The summed E-state index contributed by atoms with van der Waals surface area (Å²) in [7, 11) is 0. The molecule has 0 aliphatic carbocycles. The highest BCUT2D eigenvalue weighted by molar-refractivity contribution is 5.77. The van der Waals surface area contributed by atoms with E-state index in [9.17, 15) is 9.59 Å². The van der Waals surface area contributed by atoms with Gasteiger partial charge in [-0.1, -0.05) is 13.8 Å². The Kier molecular flexibility index (Phi) is 7.49. The van der Waals surface area contributed by atoms with Crippen LogP contribution >= 0.6 is 0 Å². The monoisotopic (exact) mass is 231 g/mol. The van der Waals surface area contributed by atoms with Gasteiger partial charge in [-0.3, -0.25) is 14.5 Å². The Bertz CT molecular complexity index is 213. The minimum atomic E-state index is -0.944. The van der Waals surface area contributed by atoms with Crippen molar-refractivity contribution in [1.29, 1.82) is 0 Å².